The third kappa shape index (κ3) is 2.46. The second-order valence-corrected chi connectivity index (χ2v) is 4.41. The molecule has 1 aliphatic carbocycles. The number of aliphatic carboxylic acids is 1. The molecule has 2 rings (SSSR count). The standard InChI is InChI=1S/C11H15N3O3/c1-13(6-10(15)16)11(17)8-5-9(7-3-4-7)14(2)12-8/h5,7H,3-4,6H2,1-2H3,(H,15,16). The summed E-state index contributed by atoms with van der Waals surface area (Å²) >= 11 is 0. The first-order valence-corrected chi connectivity index (χ1v) is 5.50. The number of hydrogen-bond acceptors (Lipinski definition) is 3. The Labute approximate surface area is 98.8 Å². The zero-order valence-electron chi connectivity index (χ0n) is 9.88. The number of rotatable bonds is 4. The molecule has 1 amide bonds. The van der Waals surface area contributed by atoms with E-state index in [4.69, 9.17) is 5.11 Å². The Morgan fingerprint density at radius 1 is 1.59 bits per heavy atom. The molecule has 0 atom stereocenters. The zero-order chi connectivity index (χ0) is 12.6. The summed E-state index contributed by atoms with van der Waals surface area (Å²) in [7, 11) is 3.27. The quantitative estimate of drug-likeness (QED) is 0.825. The predicted octanol–water partition coefficient (Wildman–Crippen LogP) is 0.454. The third-order valence-electron chi connectivity index (χ3n) is 2.85. The van der Waals surface area contributed by atoms with Crippen LogP contribution in [0.3, 0.4) is 0 Å². The Bertz CT molecular complexity index is 463. The minimum absolute atomic E-state index is 0.311. The van der Waals surface area contributed by atoms with Gasteiger partial charge in [-0.05, 0) is 18.9 Å². The summed E-state index contributed by atoms with van der Waals surface area (Å²) in [6, 6.07) is 1.76. The molecule has 1 aromatic heterocycles. The molecule has 1 aliphatic rings. The molecular weight excluding hydrogens is 222 g/mol. The molecule has 6 heteroatoms. The van der Waals surface area contributed by atoms with Gasteiger partial charge in [-0.1, -0.05) is 0 Å². The van der Waals surface area contributed by atoms with Crippen LogP contribution in [0.25, 0.3) is 0 Å². The fourth-order valence-corrected chi connectivity index (χ4v) is 1.82. The maximum absolute atomic E-state index is 11.9. The van der Waals surface area contributed by atoms with Crippen LogP contribution in [0.2, 0.25) is 0 Å². The number of likely N-dealkylation sites (N-methyl/N-ethyl adjacent to an activating group) is 1. The largest absolute Gasteiger partial charge is 0.480 e. The lowest BCUT2D eigenvalue weighted by atomic mass is 10.2. The van der Waals surface area contributed by atoms with Gasteiger partial charge in [-0.25, -0.2) is 0 Å². The van der Waals surface area contributed by atoms with Gasteiger partial charge in [0.15, 0.2) is 5.69 Å². The molecule has 1 saturated carbocycles. The van der Waals surface area contributed by atoms with Crippen molar-refractivity contribution in [1.82, 2.24) is 14.7 Å². The van der Waals surface area contributed by atoms with Crippen LogP contribution in [-0.4, -0.2) is 45.3 Å². The first kappa shape index (κ1) is 11.6. The molecule has 1 heterocycles. The number of aromatic nitrogens is 2. The number of carboxylic acids is 1. The number of carbonyl (C=O) groups excluding carboxylic acids is 1. The van der Waals surface area contributed by atoms with Crippen LogP contribution >= 0.6 is 0 Å². The smallest absolute Gasteiger partial charge is 0.323 e. The Balaban J connectivity index is 2.13. The summed E-state index contributed by atoms with van der Waals surface area (Å²) in [5, 5.41) is 12.8. The van der Waals surface area contributed by atoms with Crippen molar-refractivity contribution in [1.29, 1.82) is 0 Å². The van der Waals surface area contributed by atoms with Gasteiger partial charge in [-0.15, -0.1) is 0 Å². The SMILES string of the molecule is CN(CC(=O)O)C(=O)c1cc(C2CC2)n(C)n1. The average Bonchev–Trinajstić information content (AvgIpc) is 3.00. The maximum Gasteiger partial charge on any atom is 0.323 e. The second-order valence-electron chi connectivity index (χ2n) is 4.41. The van der Waals surface area contributed by atoms with Crippen molar-refractivity contribution in [2.24, 2.45) is 7.05 Å². The van der Waals surface area contributed by atoms with E-state index >= 15 is 0 Å². The summed E-state index contributed by atoms with van der Waals surface area (Å²) in [6.45, 7) is -0.311. The van der Waals surface area contributed by atoms with Crippen LogP contribution in [0.15, 0.2) is 6.07 Å². The molecule has 1 fully saturated rings. The molecule has 0 saturated heterocycles. The highest BCUT2D eigenvalue weighted by Gasteiger charge is 2.29. The van der Waals surface area contributed by atoms with E-state index in [0.29, 0.717) is 11.6 Å². The highest BCUT2D eigenvalue weighted by Crippen LogP contribution is 2.39. The Hall–Kier alpha value is -1.85. The van der Waals surface area contributed by atoms with Crippen molar-refractivity contribution in [3.8, 4) is 0 Å². The average molecular weight is 237 g/mol. The van der Waals surface area contributed by atoms with Gasteiger partial charge in [-0.3, -0.25) is 14.3 Å². The molecule has 17 heavy (non-hydrogen) atoms. The number of nitrogens with zero attached hydrogens (tertiary/aromatic N) is 3. The van der Waals surface area contributed by atoms with Crippen LogP contribution in [0.5, 0.6) is 0 Å². The van der Waals surface area contributed by atoms with Crippen LogP contribution in [-0.2, 0) is 11.8 Å². The minimum Gasteiger partial charge on any atom is -0.480 e. The van der Waals surface area contributed by atoms with Crippen molar-refractivity contribution < 1.29 is 14.7 Å². The van der Waals surface area contributed by atoms with Crippen molar-refractivity contribution in [3.63, 3.8) is 0 Å². The second kappa shape index (κ2) is 4.20. The number of aryl methyl sites for hydroxylation is 1. The van der Waals surface area contributed by atoms with E-state index in [1.54, 1.807) is 10.7 Å². The monoisotopic (exact) mass is 237 g/mol. The summed E-state index contributed by atoms with van der Waals surface area (Å²) in [5.41, 5.74) is 1.37. The molecule has 92 valence electrons. The molecule has 1 aromatic rings. The first-order valence-electron chi connectivity index (χ1n) is 5.50. The van der Waals surface area contributed by atoms with E-state index in [2.05, 4.69) is 5.10 Å². The summed E-state index contributed by atoms with van der Waals surface area (Å²) in [4.78, 5) is 23.5. The van der Waals surface area contributed by atoms with Gasteiger partial charge in [0.1, 0.15) is 6.54 Å². The molecule has 0 aliphatic heterocycles. The molecule has 0 spiro atoms. The van der Waals surface area contributed by atoms with E-state index in [-0.39, 0.29) is 12.5 Å². The fraction of sp³-hybridized carbons (Fsp3) is 0.545. The number of carbonyl (C=O) groups is 2. The fourth-order valence-electron chi connectivity index (χ4n) is 1.82. The molecular formula is C11H15N3O3. The molecule has 1 N–H and O–H groups in total. The van der Waals surface area contributed by atoms with Crippen molar-refractivity contribution in [3.05, 3.63) is 17.5 Å². The van der Waals surface area contributed by atoms with Crippen LogP contribution in [0.1, 0.15) is 34.9 Å². The first-order chi connectivity index (χ1) is 7.99. The van der Waals surface area contributed by atoms with E-state index in [1.807, 2.05) is 7.05 Å². The van der Waals surface area contributed by atoms with Crippen LogP contribution < -0.4 is 0 Å². The summed E-state index contributed by atoms with van der Waals surface area (Å²) < 4.78 is 1.71. The molecule has 6 nitrogen and oxygen atoms in total. The van der Waals surface area contributed by atoms with Crippen LogP contribution in [0.4, 0.5) is 0 Å². The molecule has 0 unspecified atom stereocenters. The topological polar surface area (TPSA) is 75.4 Å². The molecule has 0 bridgehead atoms. The normalized spacial score (nSPS) is 14.7. The number of hydrogen-bond donors (Lipinski definition) is 1. The van der Waals surface area contributed by atoms with Gasteiger partial charge in [0.05, 0.1) is 0 Å². The van der Waals surface area contributed by atoms with E-state index < -0.39 is 5.97 Å². The highest BCUT2D eigenvalue weighted by molar-refractivity contribution is 5.94. The Kier molecular flexibility index (Phi) is 2.87. The zero-order valence-corrected chi connectivity index (χ0v) is 9.88. The number of carboxylic acid groups (broad SMARTS) is 1. The predicted molar refractivity (Wildman–Crippen MR) is 59.8 cm³/mol. The van der Waals surface area contributed by atoms with Gasteiger partial charge >= 0.3 is 5.97 Å². The lowest BCUT2D eigenvalue weighted by molar-refractivity contribution is -0.137. The van der Waals surface area contributed by atoms with Crippen molar-refractivity contribution in [2.75, 3.05) is 13.6 Å². The Morgan fingerprint density at radius 2 is 2.24 bits per heavy atom. The summed E-state index contributed by atoms with van der Waals surface area (Å²) in [6.07, 6.45) is 2.27. The minimum atomic E-state index is -1.03. The van der Waals surface area contributed by atoms with E-state index in [0.717, 1.165) is 23.4 Å². The van der Waals surface area contributed by atoms with Crippen molar-refractivity contribution >= 4 is 11.9 Å². The van der Waals surface area contributed by atoms with Gasteiger partial charge in [-0.2, -0.15) is 5.10 Å². The van der Waals surface area contributed by atoms with E-state index in [9.17, 15) is 9.59 Å². The van der Waals surface area contributed by atoms with Crippen molar-refractivity contribution in [2.45, 2.75) is 18.8 Å². The van der Waals surface area contributed by atoms with Gasteiger partial charge in [0, 0.05) is 25.7 Å². The van der Waals surface area contributed by atoms with Gasteiger partial charge in [0.25, 0.3) is 5.91 Å². The summed E-state index contributed by atoms with van der Waals surface area (Å²) in [5.74, 6) is -0.868. The third-order valence-corrected chi connectivity index (χ3v) is 2.85. The lowest BCUT2D eigenvalue weighted by Gasteiger charge is -2.12. The Morgan fingerprint density at radius 3 is 2.76 bits per heavy atom. The van der Waals surface area contributed by atoms with Crippen LogP contribution in [0, 0.1) is 0 Å². The van der Waals surface area contributed by atoms with Gasteiger partial charge in [0.2, 0.25) is 0 Å². The van der Waals surface area contributed by atoms with Gasteiger partial charge < -0.3 is 10.0 Å². The molecule has 0 aromatic carbocycles. The lowest BCUT2D eigenvalue weighted by Crippen LogP contribution is -2.32. The highest BCUT2D eigenvalue weighted by atomic mass is 16.4. The maximum atomic E-state index is 11.9. The van der Waals surface area contributed by atoms with E-state index in [1.165, 1.54) is 7.05 Å². The number of amides is 1. The molecule has 0 radical (unpaired) electrons.